The molecule has 1 fully saturated rings. The summed E-state index contributed by atoms with van der Waals surface area (Å²) >= 11 is 0. The van der Waals surface area contributed by atoms with E-state index in [2.05, 4.69) is 15.7 Å². The average Bonchev–Trinajstić information content (AvgIpc) is 3.35. The molecular formula is C17H19N5O3. The summed E-state index contributed by atoms with van der Waals surface area (Å²) in [7, 11) is 3.54. The first-order valence-corrected chi connectivity index (χ1v) is 8.17. The van der Waals surface area contributed by atoms with Gasteiger partial charge >= 0.3 is 6.03 Å². The van der Waals surface area contributed by atoms with Crippen molar-refractivity contribution >= 4 is 29.1 Å². The predicted molar refractivity (Wildman–Crippen MR) is 93.2 cm³/mol. The molecule has 1 aliphatic heterocycles. The van der Waals surface area contributed by atoms with E-state index < -0.39 is 6.03 Å². The number of aryl methyl sites for hydroxylation is 1. The van der Waals surface area contributed by atoms with Crippen molar-refractivity contribution in [3.05, 3.63) is 30.0 Å². The van der Waals surface area contributed by atoms with E-state index in [4.69, 9.17) is 4.74 Å². The molecule has 8 heteroatoms. The Morgan fingerprint density at radius 3 is 2.84 bits per heavy atom. The lowest BCUT2D eigenvalue weighted by Crippen LogP contribution is -2.36. The molecule has 0 atom stereocenters. The van der Waals surface area contributed by atoms with Crippen LogP contribution in [-0.4, -0.2) is 35.4 Å². The van der Waals surface area contributed by atoms with E-state index in [1.165, 1.54) is 17.7 Å². The second kappa shape index (κ2) is 5.80. The van der Waals surface area contributed by atoms with Gasteiger partial charge in [0, 0.05) is 31.8 Å². The van der Waals surface area contributed by atoms with Crippen LogP contribution in [0.2, 0.25) is 0 Å². The summed E-state index contributed by atoms with van der Waals surface area (Å²) in [6.07, 6.45) is 2.34. The van der Waals surface area contributed by atoms with Gasteiger partial charge in [-0.1, -0.05) is 6.07 Å². The van der Waals surface area contributed by atoms with Crippen LogP contribution in [0, 0.1) is 0 Å². The minimum atomic E-state index is -0.416. The summed E-state index contributed by atoms with van der Waals surface area (Å²) < 4.78 is 7.22. The third kappa shape index (κ3) is 2.90. The number of rotatable bonds is 3. The van der Waals surface area contributed by atoms with Gasteiger partial charge in [0.1, 0.15) is 11.4 Å². The Kier molecular flexibility index (Phi) is 3.60. The minimum Gasteiger partial charge on any atom is -0.481 e. The SMILES string of the molecule is CN1C(=O)COc2cccc(NC(=O)Nc3cc(C4CC4)n(C)n3)c21. The monoisotopic (exact) mass is 341 g/mol. The number of benzene rings is 1. The number of fused-ring (bicyclic) bond motifs is 1. The van der Waals surface area contributed by atoms with Crippen LogP contribution in [0.5, 0.6) is 5.75 Å². The van der Waals surface area contributed by atoms with Crippen LogP contribution in [0.3, 0.4) is 0 Å². The number of amides is 3. The van der Waals surface area contributed by atoms with E-state index in [0.29, 0.717) is 28.9 Å². The van der Waals surface area contributed by atoms with E-state index in [0.717, 1.165) is 5.69 Å². The minimum absolute atomic E-state index is 0.00295. The molecule has 2 heterocycles. The Bertz CT molecular complexity index is 856. The van der Waals surface area contributed by atoms with Crippen molar-refractivity contribution in [2.45, 2.75) is 18.8 Å². The van der Waals surface area contributed by atoms with Gasteiger partial charge in [0.25, 0.3) is 5.91 Å². The molecule has 1 aromatic heterocycles. The molecule has 1 saturated carbocycles. The fourth-order valence-electron chi connectivity index (χ4n) is 3.02. The van der Waals surface area contributed by atoms with Crippen molar-refractivity contribution in [2.24, 2.45) is 7.05 Å². The molecule has 0 unspecified atom stereocenters. The topological polar surface area (TPSA) is 88.5 Å². The highest BCUT2D eigenvalue weighted by molar-refractivity contribution is 6.06. The summed E-state index contributed by atoms with van der Waals surface area (Å²) in [5.41, 5.74) is 2.18. The maximum absolute atomic E-state index is 12.3. The Morgan fingerprint density at radius 2 is 2.08 bits per heavy atom. The van der Waals surface area contributed by atoms with Crippen molar-refractivity contribution < 1.29 is 14.3 Å². The van der Waals surface area contributed by atoms with E-state index in [9.17, 15) is 9.59 Å². The number of hydrogen-bond donors (Lipinski definition) is 2. The average molecular weight is 341 g/mol. The Hall–Kier alpha value is -3.03. The molecular weight excluding hydrogens is 322 g/mol. The van der Waals surface area contributed by atoms with Gasteiger partial charge in [-0.15, -0.1) is 0 Å². The summed E-state index contributed by atoms with van der Waals surface area (Å²) in [5.74, 6) is 1.45. The van der Waals surface area contributed by atoms with Crippen LogP contribution >= 0.6 is 0 Å². The summed E-state index contributed by atoms with van der Waals surface area (Å²) in [5, 5.41) is 9.83. The van der Waals surface area contributed by atoms with Gasteiger partial charge in [-0.05, 0) is 25.0 Å². The first-order valence-electron chi connectivity index (χ1n) is 8.17. The van der Waals surface area contributed by atoms with Gasteiger partial charge in [-0.25, -0.2) is 4.79 Å². The number of ether oxygens (including phenoxy) is 1. The molecule has 3 amide bonds. The first kappa shape index (κ1) is 15.5. The van der Waals surface area contributed by atoms with Gasteiger partial charge in [-0.3, -0.25) is 14.8 Å². The molecule has 2 aliphatic rings. The predicted octanol–water partition coefficient (Wildman–Crippen LogP) is 2.30. The normalized spacial score (nSPS) is 16.2. The molecule has 4 rings (SSSR count). The van der Waals surface area contributed by atoms with Crippen LogP contribution in [0.25, 0.3) is 0 Å². The number of likely N-dealkylation sites (N-methyl/N-ethyl adjacent to an activating group) is 1. The van der Waals surface area contributed by atoms with E-state index in [1.807, 2.05) is 13.1 Å². The number of anilines is 3. The number of aromatic nitrogens is 2. The summed E-state index contributed by atoms with van der Waals surface area (Å²) in [4.78, 5) is 25.7. The summed E-state index contributed by atoms with van der Waals surface area (Å²) in [6.45, 7) is -0.00295. The highest BCUT2D eigenvalue weighted by Gasteiger charge is 2.28. The van der Waals surface area contributed by atoms with Crippen LogP contribution < -0.4 is 20.3 Å². The number of hydrogen-bond acceptors (Lipinski definition) is 4. The molecule has 8 nitrogen and oxygen atoms in total. The molecule has 0 bridgehead atoms. The molecule has 2 N–H and O–H groups in total. The highest BCUT2D eigenvalue weighted by atomic mass is 16.5. The number of urea groups is 1. The lowest BCUT2D eigenvalue weighted by atomic mass is 10.2. The van der Waals surface area contributed by atoms with Crippen LogP contribution in [0.4, 0.5) is 22.0 Å². The van der Waals surface area contributed by atoms with Crippen LogP contribution in [0.15, 0.2) is 24.3 Å². The van der Waals surface area contributed by atoms with Gasteiger partial charge in [0.15, 0.2) is 12.4 Å². The highest BCUT2D eigenvalue weighted by Crippen LogP contribution is 2.40. The first-order chi connectivity index (χ1) is 12.0. The van der Waals surface area contributed by atoms with Crippen LogP contribution in [0.1, 0.15) is 24.5 Å². The standard InChI is InChI=1S/C17H19N5O3/c1-21-15(23)9-25-13-5-3-4-11(16(13)21)18-17(24)19-14-8-12(10-6-7-10)22(2)20-14/h3-5,8,10H,6-7,9H2,1-2H3,(H2,18,19,20,24). The zero-order valence-corrected chi connectivity index (χ0v) is 14.1. The van der Waals surface area contributed by atoms with Gasteiger partial charge in [0.05, 0.1) is 5.69 Å². The van der Waals surface area contributed by atoms with Gasteiger partial charge in [-0.2, -0.15) is 5.10 Å². The number of carbonyl (C=O) groups is 2. The molecule has 0 radical (unpaired) electrons. The number of nitrogens with zero attached hydrogens (tertiary/aromatic N) is 3. The molecule has 130 valence electrons. The molecule has 1 aromatic carbocycles. The molecule has 0 saturated heterocycles. The van der Waals surface area contributed by atoms with Gasteiger partial charge in [0.2, 0.25) is 0 Å². The van der Waals surface area contributed by atoms with E-state index >= 15 is 0 Å². The van der Waals surface area contributed by atoms with Crippen molar-refractivity contribution in [1.29, 1.82) is 0 Å². The zero-order valence-electron chi connectivity index (χ0n) is 14.1. The van der Waals surface area contributed by atoms with Gasteiger partial charge < -0.3 is 15.0 Å². The quantitative estimate of drug-likeness (QED) is 0.896. The Labute approximate surface area is 144 Å². The number of carbonyl (C=O) groups excluding carboxylic acids is 2. The molecule has 0 spiro atoms. The largest absolute Gasteiger partial charge is 0.481 e. The molecule has 2 aromatic rings. The summed E-state index contributed by atoms with van der Waals surface area (Å²) in [6, 6.07) is 6.74. The maximum atomic E-state index is 12.3. The van der Waals surface area contributed by atoms with E-state index in [-0.39, 0.29) is 12.5 Å². The maximum Gasteiger partial charge on any atom is 0.324 e. The fraction of sp³-hybridized carbons (Fsp3) is 0.353. The zero-order chi connectivity index (χ0) is 17.6. The Balaban J connectivity index is 1.52. The second-order valence-corrected chi connectivity index (χ2v) is 6.33. The van der Waals surface area contributed by atoms with Crippen molar-refractivity contribution in [2.75, 3.05) is 29.2 Å². The fourth-order valence-corrected chi connectivity index (χ4v) is 3.02. The van der Waals surface area contributed by atoms with E-state index in [1.54, 1.807) is 29.9 Å². The van der Waals surface area contributed by atoms with Crippen molar-refractivity contribution in [1.82, 2.24) is 9.78 Å². The lowest BCUT2D eigenvalue weighted by Gasteiger charge is -2.28. The number of nitrogens with one attached hydrogen (secondary N) is 2. The third-order valence-electron chi connectivity index (χ3n) is 4.46. The van der Waals surface area contributed by atoms with Crippen molar-refractivity contribution in [3.8, 4) is 5.75 Å². The van der Waals surface area contributed by atoms with Crippen LogP contribution in [-0.2, 0) is 11.8 Å². The lowest BCUT2D eigenvalue weighted by molar-refractivity contribution is -0.120. The molecule has 1 aliphatic carbocycles. The second-order valence-electron chi connectivity index (χ2n) is 6.33. The number of para-hydroxylation sites is 1. The van der Waals surface area contributed by atoms with Crippen molar-refractivity contribution in [3.63, 3.8) is 0 Å². The third-order valence-corrected chi connectivity index (χ3v) is 4.46. The molecule has 25 heavy (non-hydrogen) atoms. The Morgan fingerprint density at radius 1 is 1.28 bits per heavy atom. The smallest absolute Gasteiger partial charge is 0.324 e.